The summed E-state index contributed by atoms with van der Waals surface area (Å²) in [5.41, 5.74) is 2.21. The molecule has 3 N–H and O–H groups in total. The Morgan fingerprint density at radius 1 is 1.09 bits per heavy atom. The van der Waals surface area contributed by atoms with E-state index in [1.54, 1.807) is 24.3 Å². The Balaban J connectivity index is 1.12. The van der Waals surface area contributed by atoms with Gasteiger partial charge >= 0.3 is 5.97 Å². The van der Waals surface area contributed by atoms with Crippen LogP contribution >= 0.6 is 11.8 Å². The van der Waals surface area contributed by atoms with Crippen LogP contribution in [0.1, 0.15) is 56.2 Å². The van der Waals surface area contributed by atoms with Gasteiger partial charge in [0.1, 0.15) is 18.0 Å². The molecule has 0 aliphatic heterocycles. The van der Waals surface area contributed by atoms with Gasteiger partial charge in [-0.25, -0.2) is 23.4 Å². The summed E-state index contributed by atoms with van der Waals surface area (Å²) < 4.78 is 45.7. The SMILES string of the molecule is CCCSc1nc(N[C@@H]2C[C@H]2c2ccc(F)c(F)c2)c2nnn([C@H]3C[C@H](OCCOCc4ccccc4OC(C)=O)[C@@H](O)[C@@H]3O)c2n1. The summed E-state index contributed by atoms with van der Waals surface area (Å²) >= 11 is 1.47. The lowest BCUT2D eigenvalue weighted by Gasteiger charge is -2.17. The van der Waals surface area contributed by atoms with Crippen molar-refractivity contribution in [2.24, 2.45) is 0 Å². The first-order valence-electron chi connectivity index (χ1n) is 15.5. The number of nitrogens with zero attached hydrogens (tertiary/aromatic N) is 5. The van der Waals surface area contributed by atoms with E-state index in [0.29, 0.717) is 45.4 Å². The topological polar surface area (TPSA) is 154 Å². The molecule has 2 aromatic carbocycles. The molecule has 2 fully saturated rings. The highest BCUT2D eigenvalue weighted by Gasteiger charge is 2.45. The smallest absolute Gasteiger partial charge is 0.308 e. The average molecular weight is 671 g/mol. The van der Waals surface area contributed by atoms with E-state index in [-0.39, 0.29) is 38.2 Å². The molecule has 0 unspecified atom stereocenters. The molecule has 2 aromatic heterocycles. The highest BCUT2D eigenvalue weighted by Crippen LogP contribution is 2.44. The number of hydrogen-bond acceptors (Lipinski definition) is 12. The molecule has 2 aliphatic rings. The lowest BCUT2D eigenvalue weighted by molar-refractivity contribution is -0.132. The number of esters is 1. The first-order valence-corrected chi connectivity index (χ1v) is 16.5. The number of para-hydroxylation sites is 1. The third-order valence-electron chi connectivity index (χ3n) is 8.18. The number of hydrogen-bond donors (Lipinski definition) is 3. The first kappa shape index (κ1) is 33.2. The van der Waals surface area contributed by atoms with Gasteiger partial charge in [-0.15, -0.1) is 5.10 Å². The lowest BCUT2D eigenvalue weighted by atomic mass is 10.1. The molecular formula is C32H36F2N6O6S. The van der Waals surface area contributed by atoms with Crippen LogP contribution in [0.3, 0.4) is 0 Å². The van der Waals surface area contributed by atoms with Crippen molar-refractivity contribution in [2.75, 3.05) is 24.3 Å². The molecule has 15 heteroatoms. The number of benzene rings is 2. The summed E-state index contributed by atoms with van der Waals surface area (Å²) in [6, 6.07) is 10.3. The molecule has 0 saturated heterocycles. The molecule has 0 bridgehead atoms. The lowest BCUT2D eigenvalue weighted by Crippen LogP contribution is -2.33. The number of thioether (sulfide) groups is 1. The van der Waals surface area contributed by atoms with E-state index in [0.717, 1.165) is 18.2 Å². The van der Waals surface area contributed by atoms with E-state index in [2.05, 4.69) is 27.5 Å². The normalized spacial score (nSPS) is 23.7. The Bertz CT molecular complexity index is 1730. The van der Waals surface area contributed by atoms with E-state index >= 15 is 0 Å². The quantitative estimate of drug-likeness (QED) is 0.0580. The molecule has 0 spiro atoms. The number of anilines is 1. The van der Waals surface area contributed by atoms with Gasteiger partial charge in [-0.2, -0.15) is 0 Å². The third-order valence-corrected chi connectivity index (χ3v) is 9.23. The van der Waals surface area contributed by atoms with Crippen LogP contribution in [0, 0.1) is 11.6 Å². The number of rotatable bonds is 14. The number of nitrogens with one attached hydrogen (secondary N) is 1. The van der Waals surface area contributed by atoms with Gasteiger partial charge in [0.05, 0.1) is 32.0 Å². The van der Waals surface area contributed by atoms with E-state index in [1.807, 2.05) is 6.07 Å². The van der Waals surface area contributed by atoms with Crippen molar-refractivity contribution in [3.63, 3.8) is 0 Å². The zero-order valence-electron chi connectivity index (χ0n) is 25.9. The van der Waals surface area contributed by atoms with Crippen molar-refractivity contribution in [2.45, 2.75) is 81.2 Å². The van der Waals surface area contributed by atoms with Gasteiger partial charge in [0.25, 0.3) is 0 Å². The van der Waals surface area contributed by atoms with Crippen LogP contribution in [0.15, 0.2) is 47.6 Å². The second kappa shape index (κ2) is 14.6. The van der Waals surface area contributed by atoms with Crippen LogP contribution in [-0.4, -0.2) is 84.5 Å². The zero-order chi connectivity index (χ0) is 33.1. The predicted molar refractivity (Wildman–Crippen MR) is 168 cm³/mol. The highest BCUT2D eigenvalue weighted by atomic mass is 32.2. The van der Waals surface area contributed by atoms with E-state index in [4.69, 9.17) is 19.2 Å². The summed E-state index contributed by atoms with van der Waals surface area (Å²) in [6.45, 7) is 3.95. The van der Waals surface area contributed by atoms with Crippen LogP contribution in [0.25, 0.3) is 11.2 Å². The molecule has 2 saturated carbocycles. The van der Waals surface area contributed by atoms with Gasteiger partial charge in [0, 0.05) is 36.6 Å². The predicted octanol–water partition coefficient (Wildman–Crippen LogP) is 4.16. The molecule has 47 heavy (non-hydrogen) atoms. The maximum Gasteiger partial charge on any atom is 0.308 e. The molecule has 6 atom stereocenters. The number of ether oxygens (including phenoxy) is 3. The second-order valence-corrected chi connectivity index (χ2v) is 12.7. The standard InChI is InChI=1S/C32H36F2N6O6S/c1-3-12-47-32-36-30(35-23-14-20(23)18-8-9-21(33)22(34)13-18)27-31(37-32)40(39-38-27)24-15-26(29(43)28(24)42)45-11-10-44-16-19-6-4-5-7-25(19)46-17(2)41/h4-9,13,20,23-24,26,28-29,42-43H,3,10-12,14-16H2,1-2H3,(H,35,36,37)/t20-,23+,24-,26-,28+,29+/m0/s1. The summed E-state index contributed by atoms with van der Waals surface area (Å²) in [6.07, 6.45) is -1.20. The number of aliphatic hydroxyl groups excluding tert-OH is 2. The highest BCUT2D eigenvalue weighted by molar-refractivity contribution is 7.99. The third kappa shape index (κ3) is 7.54. The van der Waals surface area contributed by atoms with Crippen molar-refractivity contribution in [3.8, 4) is 5.75 Å². The molecule has 0 amide bonds. The monoisotopic (exact) mass is 670 g/mol. The van der Waals surface area contributed by atoms with Gasteiger partial charge in [0.2, 0.25) is 0 Å². The number of halogens is 2. The van der Waals surface area contributed by atoms with Crippen LogP contribution in [-0.2, 0) is 20.9 Å². The number of carbonyl (C=O) groups excluding carboxylic acids is 1. The van der Waals surface area contributed by atoms with Gasteiger partial charge in [-0.05, 0) is 36.6 Å². The van der Waals surface area contributed by atoms with Gasteiger partial charge in [0.15, 0.2) is 33.8 Å². The molecule has 0 radical (unpaired) electrons. The molecule has 12 nitrogen and oxygen atoms in total. The zero-order valence-corrected chi connectivity index (χ0v) is 26.7. The van der Waals surface area contributed by atoms with Crippen molar-refractivity contribution in [1.29, 1.82) is 0 Å². The Morgan fingerprint density at radius 3 is 2.70 bits per heavy atom. The van der Waals surface area contributed by atoms with Crippen LogP contribution in [0.4, 0.5) is 14.6 Å². The molecule has 6 rings (SSSR count). The molecule has 2 heterocycles. The first-order chi connectivity index (χ1) is 22.7. The van der Waals surface area contributed by atoms with E-state index in [9.17, 15) is 23.8 Å². The minimum absolute atomic E-state index is 0.0192. The minimum atomic E-state index is -1.19. The summed E-state index contributed by atoms with van der Waals surface area (Å²) in [4.78, 5) is 20.7. The number of aromatic nitrogens is 5. The largest absolute Gasteiger partial charge is 0.426 e. The molecule has 4 aromatic rings. The Kier molecular flexibility index (Phi) is 10.3. The van der Waals surface area contributed by atoms with Crippen LogP contribution in [0.2, 0.25) is 0 Å². The maximum atomic E-state index is 13.8. The maximum absolute atomic E-state index is 13.8. The summed E-state index contributed by atoms with van der Waals surface area (Å²) in [5, 5.41) is 34.4. The van der Waals surface area contributed by atoms with Crippen LogP contribution < -0.4 is 10.1 Å². The number of fused-ring (bicyclic) bond motifs is 1. The summed E-state index contributed by atoms with van der Waals surface area (Å²) in [5.74, 6) is -0.534. The van der Waals surface area contributed by atoms with Gasteiger partial charge in [-0.1, -0.05) is 48.2 Å². The Morgan fingerprint density at radius 2 is 1.91 bits per heavy atom. The van der Waals surface area contributed by atoms with E-state index < -0.39 is 42.0 Å². The summed E-state index contributed by atoms with van der Waals surface area (Å²) in [7, 11) is 0. The molecule has 2 aliphatic carbocycles. The van der Waals surface area contributed by atoms with Gasteiger partial charge in [-0.3, -0.25) is 4.79 Å². The number of aliphatic hydroxyl groups is 2. The fourth-order valence-electron chi connectivity index (χ4n) is 5.73. The fourth-order valence-corrected chi connectivity index (χ4v) is 6.42. The average Bonchev–Trinajstić information content (AvgIpc) is 3.60. The molecule has 250 valence electrons. The van der Waals surface area contributed by atoms with Crippen molar-refractivity contribution in [1.82, 2.24) is 25.0 Å². The minimum Gasteiger partial charge on any atom is -0.426 e. The van der Waals surface area contributed by atoms with Crippen LogP contribution in [0.5, 0.6) is 5.75 Å². The Hall–Kier alpha value is -3.76. The van der Waals surface area contributed by atoms with E-state index in [1.165, 1.54) is 29.4 Å². The van der Waals surface area contributed by atoms with Crippen molar-refractivity contribution < 1.29 is 38.0 Å². The van der Waals surface area contributed by atoms with Crippen molar-refractivity contribution >= 4 is 34.7 Å². The fraction of sp³-hybridized carbons (Fsp3) is 0.469. The van der Waals surface area contributed by atoms with Crippen molar-refractivity contribution in [3.05, 3.63) is 65.2 Å². The number of carbonyl (C=O) groups is 1. The molecular weight excluding hydrogens is 634 g/mol. The van der Waals surface area contributed by atoms with Gasteiger partial charge < -0.3 is 29.7 Å². The second-order valence-electron chi connectivity index (χ2n) is 11.6. The Labute approximate surface area is 273 Å².